The molecule has 0 aliphatic carbocycles. The third kappa shape index (κ3) is 4.34. The van der Waals surface area contributed by atoms with E-state index < -0.39 is 17.4 Å². The van der Waals surface area contributed by atoms with Gasteiger partial charge in [0.1, 0.15) is 40.5 Å². The summed E-state index contributed by atoms with van der Waals surface area (Å²) in [4.78, 5) is 17.5. The Morgan fingerprint density at radius 3 is 2.81 bits per heavy atom. The molecule has 2 aromatic heterocycles. The molecule has 0 radical (unpaired) electrons. The molecular formula is C22H24ClF2N5O2. The number of carbonyl (C=O) groups is 1. The Hall–Kier alpha value is -2.94. The highest BCUT2D eigenvalue weighted by Crippen LogP contribution is 2.35. The number of benzene rings is 1. The van der Waals surface area contributed by atoms with Crippen LogP contribution in [0.1, 0.15) is 55.0 Å². The van der Waals surface area contributed by atoms with Gasteiger partial charge in [-0.15, -0.1) is 0 Å². The number of carbonyl (C=O) groups excluding carboxylic acids is 1. The van der Waals surface area contributed by atoms with E-state index in [0.717, 1.165) is 24.9 Å². The first-order valence-electron chi connectivity index (χ1n) is 10.3. The lowest BCUT2D eigenvalue weighted by Crippen LogP contribution is -2.24. The second-order valence-electron chi connectivity index (χ2n) is 8.66. The van der Waals surface area contributed by atoms with Crippen LogP contribution in [0, 0.1) is 12.7 Å². The number of nitrogens with zero attached hydrogens (tertiary/aromatic N) is 3. The molecule has 170 valence electrons. The summed E-state index contributed by atoms with van der Waals surface area (Å²) in [6.07, 6.45) is 2.77. The molecule has 10 heteroatoms. The van der Waals surface area contributed by atoms with Crippen LogP contribution in [0.2, 0.25) is 5.15 Å². The number of alkyl halides is 1. The lowest BCUT2D eigenvalue weighted by molar-refractivity contribution is 0.0999. The number of aromatic amines is 1. The van der Waals surface area contributed by atoms with Crippen molar-refractivity contribution in [3.8, 4) is 17.0 Å². The van der Waals surface area contributed by atoms with E-state index in [4.69, 9.17) is 16.3 Å². The monoisotopic (exact) mass is 463 g/mol. The van der Waals surface area contributed by atoms with Crippen molar-refractivity contribution in [2.24, 2.45) is 0 Å². The highest BCUT2D eigenvalue weighted by Gasteiger charge is 2.26. The Labute approximate surface area is 189 Å². The van der Waals surface area contributed by atoms with Gasteiger partial charge in [0.25, 0.3) is 5.91 Å². The average molecular weight is 464 g/mol. The molecule has 7 nitrogen and oxygen atoms in total. The number of halogens is 3. The molecule has 0 spiro atoms. The number of fused-ring (bicyclic) bond motifs is 1. The number of hydrogen-bond acceptors (Lipinski definition) is 4. The van der Waals surface area contributed by atoms with Gasteiger partial charge < -0.3 is 14.6 Å². The molecule has 2 N–H and O–H groups in total. The van der Waals surface area contributed by atoms with E-state index in [1.807, 2.05) is 4.57 Å². The van der Waals surface area contributed by atoms with Crippen LogP contribution in [0.15, 0.2) is 18.3 Å². The highest BCUT2D eigenvalue weighted by atomic mass is 35.5. The van der Waals surface area contributed by atoms with Crippen molar-refractivity contribution in [2.75, 3.05) is 11.9 Å². The third-order valence-electron chi connectivity index (χ3n) is 5.35. The number of rotatable bonds is 6. The fourth-order valence-corrected chi connectivity index (χ4v) is 3.85. The standard InChI is InChI=1S/C22H24ClF2N5O2/c1-11-5-6-30-9-16(26-20(11)30)13-8-17(32-10-22(3,4)25)14(7-15(13)24)21(31)27-18-12(2)28-29-19(18)23/h7-9,11H,5-6,10H2,1-4H3,(H,27,31)(H,28,29). The van der Waals surface area contributed by atoms with Gasteiger partial charge in [-0.3, -0.25) is 9.89 Å². The van der Waals surface area contributed by atoms with E-state index in [9.17, 15) is 9.18 Å². The number of H-pyrrole nitrogens is 1. The number of anilines is 1. The van der Waals surface area contributed by atoms with Crippen molar-refractivity contribution in [3.63, 3.8) is 0 Å². The van der Waals surface area contributed by atoms with Gasteiger partial charge in [-0.1, -0.05) is 18.5 Å². The Morgan fingerprint density at radius 1 is 1.44 bits per heavy atom. The Balaban J connectivity index is 1.73. The first-order chi connectivity index (χ1) is 15.0. The van der Waals surface area contributed by atoms with E-state index in [1.54, 1.807) is 13.1 Å². The first kappa shape index (κ1) is 22.3. The van der Waals surface area contributed by atoms with Crippen LogP contribution in [0.25, 0.3) is 11.3 Å². The van der Waals surface area contributed by atoms with Crippen LogP contribution in [0.5, 0.6) is 5.75 Å². The minimum atomic E-state index is -1.65. The second kappa shape index (κ2) is 8.20. The number of aryl methyl sites for hydroxylation is 2. The first-order valence-corrected chi connectivity index (χ1v) is 10.7. The molecule has 0 saturated carbocycles. The van der Waals surface area contributed by atoms with Crippen molar-refractivity contribution in [1.29, 1.82) is 0 Å². The lowest BCUT2D eigenvalue weighted by atomic mass is 10.1. The largest absolute Gasteiger partial charge is 0.489 e. The predicted molar refractivity (Wildman–Crippen MR) is 118 cm³/mol. The summed E-state index contributed by atoms with van der Waals surface area (Å²) < 4.78 is 36.9. The second-order valence-corrected chi connectivity index (χ2v) is 9.03. The molecule has 1 unspecified atom stereocenters. The molecule has 0 fully saturated rings. The molecule has 4 rings (SSSR count). The number of aromatic nitrogens is 4. The molecule has 3 heterocycles. The van der Waals surface area contributed by atoms with Gasteiger partial charge in [0.15, 0.2) is 0 Å². The van der Waals surface area contributed by atoms with Crippen molar-refractivity contribution < 1.29 is 18.3 Å². The van der Waals surface area contributed by atoms with E-state index in [1.165, 1.54) is 19.9 Å². The molecule has 1 aliphatic rings. The van der Waals surface area contributed by atoms with Crippen molar-refractivity contribution in [1.82, 2.24) is 19.7 Å². The SMILES string of the molecule is Cc1n[nH]c(Cl)c1NC(=O)c1cc(F)c(-c2cn3c(n2)C(C)CC3)cc1OCC(C)(C)F. The summed E-state index contributed by atoms with van der Waals surface area (Å²) in [6.45, 7) is 6.93. The summed E-state index contributed by atoms with van der Waals surface area (Å²) in [5.41, 5.74) is -0.384. The van der Waals surface area contributed by atoms with Gasteiger partial charge in [-0.2, -0.15) is 5.10 Å². The zero-order valence-corrected chi connectivity index (χ0v) is 19.0. The average Bonchev–Trinajstić information content (AvgIpc) is 3.38. The van der Waals surface area contributed by atoms with Crippen molar-refractivity contribution in [3.05, 3.63) is 46.4 Å². The van der Waals surface area contributed by atoms with Crippen molar-refractivity contribution >= 4 is 23.2 Å². The van der Waals surface area contributed by atoms with Crippen LogP contribution < -0.4 is 10.1 Å². The summed E-state index contributed by atoms with van der Waals surface area (Å²) in [5, 5.41) is 9.22. The molecule has 1 atom stereocenters. The zero-order chi connectivity index (χ0) is 23.2. The molecular weight excluding hydrogens is 440 g/mol. The molecule has 3 aromatic rings. The predicted octanol–water partition coefficient (Wildman–Crippen LogP) is 5.26. The summed E-state index contributed by atoms with van der Waals surface area (Å²) >= 11 is 6.02. The minimum absolute atomic E-state index is 0.0445. The normalized spacial score (nSPS) is 15.7. The summed E-state index contributed by atoms with van der Waals surface area (Å²) in [7, 11) is 0. The number of imidazole rings is 1. The topological polar surface area (TPSA) is 84.8 Å². The van der Waals surface area contributed by atoms with E-state index in [0.29, 0.717) is 11.4 Å². The van der Waals surface area contributed by atoms with Crippen LogP contribution in [0.4, 0.5) is 14.5 Å². The number of nitrogens with one attached hydrogen (secondary N) is 2. The van der Waals surface area contributed by atoms with E-state index >= 15 is 4.39 Å². The highest BCUT2D eigenvalue weighted by molar-refractivity contribution is 6.33. The van der Waals surface area contributed by atoms with Gasteiger partial charge in [-0.25, -0.2) is 13.8 Å². The van der Waals surface area contributed by atoms with Gasteiger partial charge in [0, 0.05) is 24.2 Å². The van der Waals surface area contributed by atoms with Gasteiger partial charge in [-0.05, 0) is 39.3 Å². The Kier molecular flexibility index (Phi) is 5.70. The third-order valence-corrected chi connectivity index (χ3v) is 5.63. The minimum Gasteiger partial charge on any atom is -0.489 e. The van der Waals surface area contributed by atoms with E-state index in [2.05, 4.69) is 27.4 Å². The van der Waals surface area contributed by atoms with Crippen LogP contribution in [-0.2, 0) is 6.54 Å². The van der Waals surface area contributed by atoms with Gasteiger partial charge in [0.05, 0.1) is 17.0 Å². The maximum absolute atomic E-state index is 15.1. The summed E-state index contributed by atoms with van der Waals surface area (Å²) in [5.74, 6) is -0.0828. The quantitative estimate of drug-likeness (QED) is 0.522. The lowest BCUT2D eigenvalue weighted by Gasteiger charge is -2.18. The van der Waals surface area contributed by atoms with Crippen LogP contribution in [-0.4, -0.2) is 37.9 Å². The van der Waals surface area contributed by atoms with E-state index in [-0.39, 0.29) is 40.2 Å². The summed E-state index contributed by atoms with van der Waals surface area (Å²) in [6, 6.07) is 2.46. The Bertz CT molecular complexity index is 1160. The zero-order valence-electron chi connectivity index (χ0n) is 18.2. The number of amides is 1. The number of ether oxygens (including phenoxy) is 1. The molecule has 1 aromatic carbocycles. The van der Waals surface area contributed by atoms with Gasteiger partial charge in [0.2, 0.25) is 0 Å². The Morgan fingerprint density at radius 2 is 2.19 bits per heavy atom. The van der Waals surface area contributed by atoms with Gasteiger partial charge >= 0.3 is 0 Å². The fourth-order valence-electron chi connectivity index (χ4n) is 3.62. The maximum Gasteiger partial charge on any atom is 0.259 e. The number of hydrogen-bond donors (Lipinski definition) is 2. The molecule has 1 amide bonds. The molecule has 1 aliphatic heterocycles. The smallest absolute Gasteiger partial charge is 0.259 e. The van der Waals surface area contributed by atoms with Crippen LogP contribution >= 0.6 is 11.6 Å². The van der Waals surface area contributed by atoms with Crippen LogP contribution in [0.3, 0.4) is 0 Å². The van der Waals surface area contributed by atoms with Crippen molar-refractivity contribution in [2.45, 2.75) is 52.2 Å². The fraction of sp³-hybridized carbons (Fsp3) is 0.409. The molecule has 32 heavy (non-hydrogen) atoms. The maximum atomic E-state index is 15.1. The molecule has 0 saturated heterocycles. The molecule has 0 bridgehead atoms.